The monoisotopic (exact) mass is 349 g/mol. The van der Waals surface area contributed by atoms with Gasteiger partial charge in [-0.05, 0) is 62.6 Å². The lowest BCUT2D eigenvalue weighted by Gasteiger charge is -2.30. The lowest BCUT2D eigenvalue weighted by atomic mass is 9.91. The molecule has 0 N–H and O–H groups in total. The van der Waals surface area contributed by atoms with Gasteiger partial charge in [-0.25, -0.2) is 4.79 Å². The van der Waals surface area contributed by atoms with E-state index < -0.39 is 11.6 Å². The summed E-state index contributed by atoms with van der Waals surface area (Å²) in [5, 5.41) is 9.74. The zero-order chi connectivity index (χ0) is 19.1. The lowest BCUT2D eigenvalue weighted by Crippen LogP contribution is -2.33. The van der Waals surface area contributed by atoms with Gasteiger partial charge in [0.05, 0.1) is 10.9 Å². The summed E-state index contributed by atoms with van der Waals surface area (Å²) in [6.07, 6.45) is 5.01. The fourth-order valence-electron chi connectivity index (χ4n) is 2.98. The molecule has 1 aromatic carbocycles. The minimum absolute atomic E-state index is 0.0304. The van der Waals surface area contributed by atoms with Gasteiger partial charge in [0.15, 0.2) is 5.43 Å². The molecule has 0 saturated heterocycles. The normalized spacial score (nSPS) is 16.8. The highest BCUT2D eigenvalue weighted by molar-refractivity contribution is 5.95. The van der Waals surface area contributed by atoms with Gasteiger partial charge in [0.1, 0.15) is 29.1 Å². The molecule has 0 fully saturated rings. The minimum Gasteiger partial charge on any atom is -0.463 e. The summed E-state index contributed by atoms with van der Waals surface area (Å²) in [6.45, 7) is 7.46. The smallest absolute Gasteiger partial charge is 0.349 e. The molecule has 0 atom stereocenters. The van der Waals surface area contributed by atoms with Crippen molar-refractivity contribution >= 4 is 23.0 Å². The summed E-state index contributed by atoms with van der Waals surface area (Å²) < 4.78 is 10.8. The van der Waals surface area contributed by atoms with Gasteiger partial charge < -0.3 is 9.15 Å². The number of carbonyl (C=O) groups excluding carboxylic acids is 1. The van der Waals surface area contributed by atoms with E-state index in [1.54, 1.807) is 26.0 Å². The molecule has 0 bridgehead atoms. The van der Waals surface area contributed by atoms with Crippen molar-refractivity contribution in [2.75, 3.05) is 0 Å². The quantitative estimate of drug-likeness (QED) is 0.766. The van der Waals surface area contributed by atoms with Crippen molar-refractivity contribution in [2.24, 2.45) is 0 Å². The molecule has 1 aromatic heterocycles. The number of nitrogens with zero attached hydrogens (tertiary/aromatic N) is 1. The maximum Gasteiger partial charge on any atom is 0.349 e. The van der Waals surface area contributed by atoms with Crippen LogP contribution in [-0.4, -0.2) is 11.6 Å². The van der Waals surface area contributed by atoms with Crippen LogP contribution in [0, 0.1) is 25.2 Å². The Kier molecular flexibility index (Phi) is 4.29. The van der Waals surface area contributed by atoms with Gasteiger partial charge in [-0.2, -0.15) is 5.26 Å². The van der Waals surface area contributed by atoms with Crippen LogP contribution in [0.25, 0.3) is 17.0 Å². The summed E-state index contributed by atoms with van der Waals surface area (Å²) in [6, 6.07) is 5.55. The maximum absolute atomic E-state index is 12.7. The highest BCUT2D eigenvalue weighted by Gasteiger charge is 2.33. The standard InChI is InChI=1S/C21H19NO4/c1-12-7-16-18(8-13(12)2)25-11-15(19(16)23)6-5-14-9-21(3,4)26-20(24)17(14)10-22/h5-8,11H,9H2,1-4H3. The van der Waals surface area contributed by atoms with Crippen LogP contribution >= 0.6 is 0 Å². The van der Waals surface area contributed by atoms with Crippen LogP contribution in [0.4, 0.5) is 0 Å². The van der Waals surface area contributed by atoms with E-state index in [0.29, 0.717) is 28.5 Å². The summed E-state index contributed by atoms with van der Waals surface area (Å²) in [5.74, 6) is -0.639. The largest absolute Gasteiger partial charge is 0.463 e. The van der Waals surface area contributed by atoms with Crippen LogP contribution < -0.4 is 5.43 Å². The van der Waals surface area contributed by atoms with E-state index in [9.17, 15) is 14.9 Å². The Labute approximate surface area is 151 Å². The predicted octanol–water partition coefficient (Wildman–Crippen LogP) is 3.97. The molecule has 0 spiro atoms. The van der Waals surface area contributed by atoms with E-state index in [2.05, 4.69) is 0 Å². The zero-order valence-electron chi connectivity index (χ0n) is 15.2. The number of cyclic esters (lactones) is 1. The van der Waals surface area contributed by atoms with Gasteiger partial charge >= 0.3 is 5.97 Å². The van der Waals surface area contributed by atoms with Crippen LogP contribution in [0.15, 0.2) is 44.8 Å². The van der Waals surface area contributed by atoms with E-state index in [0.717, 1.165) is 11.1 Å². The maximum atomic E-state index is 12.7. The first-order valence-corrected chi connectivity index (χ1v) is 8.29. The van der Waals surface area contributed by atoms with Gasteiger partial charge in [0, 0.05) is 6.42 Å². The number of hydrogen-bond acceptors (Lipinski definition) is 5. The van der Waals surface area contributed by atoms with Gasteiger partial charge in [0.25, 0.3) is 0 Å². The van der Waals surface area contributed by atoms with E-state index in [-0.39, 0.29) is 11.0 Å². The van der Waals surface area contributed by atoms with Crippen molar-refractivity contribution in [1.82, 2.24) is 0 Å². The first-order valence-electron chi connectivity index (χ1n) is 8.29. The number of fused-ring (bicyclic) bond motifs is 1. The van der Waals surface area contributed by atoms with E-state index in [4.69, 9.17) is 9.15 Å². The predicted molar refractivity (Wildman–Crippen MR) is 98.4 cm³/mol. The van der Waals surface area contributed by atoms with Gasteiger partial charge in [-0.15, -0.1) is 0 Å². The van der Waals surface area contributed by atoms with Crippen LogP contribution in [-0.2, 0) is 9.53 Å². The van der Waals surface area contributed by atoms with Gasteiger partial charge in [-0.3, -0.25) is 4.79 Å². The number of aryl methyl sites for hydroxylation is 2. The van der Waals surface area contributed by atoms with Crippen molar-refractivity contribution < 1.29 is 13.9 Å². The summed E-state index contributed by atoms with van der Waals surface area (Å²) in [5.41, 5.74) is 2.64. The van der Waals surface area contributed by atoms with Crippen molar-refractivity contribution in [3.63, 3.8) is 0 Å². The molecule has 0 saturated carbocycles. The Morgan fingerprint density at radius 3 is 2.54 bits per heavy atom. The molecule has 1 aliphatic heterocycles. The molecule has 5 nitrogen and oxygen atoms in total. The second-order valence-corrected chi connectivity index (χ2v) is 7.12. The third-order valence-electron chi connectivity index (χ3n) is 4.50. The van der Waals surface area contributed by atoms with Crippen LogP contribution in [0.1, 0.15) is 37.0 Å². The molecule has 1 aliphatic rings. The van der Waals surface area contributed by atoms with E-state index >= 15 is 0 Å². The Bertz CT molecular complexity index is 1080. The second kappa shape index (κ2) is 6.30. The molecule has 2 heterocycles. The summed E-state index contributed by atoms with van der Waals surface area (Å²) in [7, 11) is 0. The SMILES string of the molecule is Cc1cc2occ(C=CC3=C(C#N)C(=O)OC(C)(C)C3)c(=O)c2cc1C. The Balaban J connectivity index is 2.07. The molecule has 0 radical (unpaired) electrons. The molecule has 5 heteroatoms. The molecule has 132 valence electrons. The number of carbonyl (C=O) groups is 1. The molecular formula is C21H19NO4. The number of rotatable bonds is 2. The number of ether oxygens (including phenoxy) is 1. The number of nitriles is 1. The zero-order valence-corrected chi connectivity index (χ0v) is 15.2. The van der Waals surface area contributed by atoms with E-state index in [1.165, 1.54) is 6.26 Å². The fraction of sp³-hybridized carbons (Fsp3) is 0.286. The third kappa shape index (κ3) is 3.18. The van der Waals surface area contributed by atoms with Crippen molar-refractivity contribution in [1.29, 1.82) is 5.26 Å². The first-order chi connectivity index (χ1) is 12.2. The topological polar surface area (TPSA) is 80.3 Å². The molecule has 26 heavy (non-hydrogen) atoms. The average Bonchev–Trinajstić information content (AvgIpc) is 2.55. The van der Waals surface area contributed by atoms with Gasteiger partial charge in [-0.1, -0.05) is 6.08 Å². The van der Waals surface area contributed by atoms with E-state index in [1.807, 2.05) is 32.0 Å². The number of esters is 1. The van der Waals surface area contributed by atoms with Crippen molar-refractivity contribution in [3.05, 3.63) is 62.5 Å². The molecule has 0 aliphatic carbocycles. The number of hydrogen-bond donors (Lipinski definition) is 0. The first kappa shape index (κ1) is 17.7. The fourth-order valence-corrected chi connectivity index (χ4v) is 2.98. The third-order valence-corrected chi connectivity index (χ3v) is 4.50. The van der Waals surface area contributed by atoms with Crippen molar-refractivity contribution in [2.45, 2.75) is 39.7 Å². The highest BCUT2D eigenvalue weighted by atomic mass is 16.6. The van der Waals surface area contributed by atoms with Crippen LogP contribution in [0.5, 0.6) is 0 Å². The summed E-state index contributed by atoms with van der Waals surface area (Å²) >= 11 is 0. The number of allylic oxidation sites excluding steroid dienone is 1. The molecule has 3 rings (SSSR count). The van der Waals surface area contributed by atoms with Gasteiger partial charge in [0.2, 0.25) is 0 Å². The second-order valence-electron chi connectivity index (χ2n) is 7.12. The average molecular weight is 349 g/mol. The lowest BCUT2D eigenvalue weighted by molar-refractivity contribution is -0.152. The van der Waals surface area contributed by atoms with Crippen LogP contribution in [0.3, 0.4) is 0 Å². The highest BCUT2D eigenvalue weighted by Crippen LogP contribution is 2.30. The van der Waals surface area contributed by atoms with Crippen LogP contribution in [0.2, 0.25) is 0 Å². The Morgan fingerprint density at radius 2 is 1.85 bits per heavy atom. The summed E-state index contributed by atoms with van der Waals surface area (Å²) in [4.78, 5) is 24.7. The van der Waals surface area contributed by atoms with Crippen molar-refractivity contribution in [3.8, 4) is 6.07 Å². The molecule has 2 aromatic rings. The molecule has 0 amide bonds. The molecule has 0 unspecified atom stereocenters. The Morgan fingerprint density at radius 1 is 1.15 bits per heavy atom. The number of benzene rings is 1. The Hall–Kier alpha value is -3.13. The minimum atomic E-state index is -0.695. The molecular weight excluding hydrogens is 330 g/mol.